The van der Waals surface area contributed by atoms with Crippen LogP contribution in [-0.2, 0) is 4.74 Å². The van der Waals surface area contributed by atoms with Crippen molar-refractivity contribution in [2.75, 3.05) is 11.5 Å². The number of anilines is 1. The molecule has 2 rings (SSSR count). The zero-order valence-electron chi connectivity index (χ0n) is 13.2. The van der Waals surface area contributed by atoms with Crippen LogP contribution in [0.5, 0.6) is 0 Å². The first kappa shape index (κ1) is 17.8. The van der Waals surface area contributed by atoms with Gasteiger partial charge in [0.25, 0.3) is 0 Å². The van der Waals surface area contributed by atoms with Crippen LogP contribution in [0, 0.1) is 11.6 Å². The zero-order valence-corrected chi connectivity index (χ0v) is 14.8. The fraction of sp³-hybridized carbons (Fsp3) is 0.500. The lowest BCUT2D eigenvalue weighted by Crippen LogP contribution is -2.53. The monoisotopic (exact) mass is 389 g/mol. The van der Waals surface area contributed by atoms with Gasteiger partial charge in [-0.2, -0.15) is 0 Å². The number of Topliss-reactive ketones (excluding diaryl/α,β-unsaturated/α-hetero) is 1. The third-order valence-electron chi connectivity index (χ3n) is 3.77. The molecule has 0 aliphatic carbocycles. The van der Waals surface area contributed by atoms with Crippen LogP contribution in [0.4, 0.5) is 19.3 Å². The Balaban J connectivity index is 2.52. The van der Waals surface area contributed by atoms with Gasteiger partial charge >= 0.3 is 6.09 Å². The highest BCUT2D eigenvalue weighted by Crippen LogP contribution is 2.41. The van der Waals surface area contributed by atoms with Crippen LogP contribution in [0.1, 0.15) is 50.4 Å². The molecule has 0 saturated heterocycles. The molecule has 0 bridgehead atoms. The Kier molecular flexibility index (Phi) is 5.08. The normalized spacial score (nSPS) is 16.3. The third kappa shape index (κ3) is 3.24. The molecular weight excluding hydrogens is 372 g/mol. The molecule has 1 aliphatic heterocycles. The van der Waals surface area contributed by atoms with E-state index in [2.05, 4.69) is 15.9 Å². The van der Waals surface area contributed by atoms with E-state index in [4.69, 9.17) is 4.74 Å². The fourth-order valence-electron chi connectivity index (χ4n) is 2.62. The van der Waals surface area contributed by atoms with Crippen molar-refractivity contribution >= 4 is 33.5 Å². The SMILES string of the molecule is CCCCOC(=O)N1c2cc(F)c(Br)c(F)c2C(=O)CC1(C)C. The number of hydrogen-bond acceptors (Lipinski definition) is 3. The maximum absolute atomic E-state index is 14.3. The molecule has 4 nitrogen and oxygen atoms in total. The van der Waals surface area contributed by atoms with Gasteiger partial charge in [0.2, 0.25) is 0 Å². The molecule has 0 aromatic heterocycles. The number of carbonyl (C=O) groups excluding carboxylic acids is 2. The van der Waals surface area contributed by atoms with E-state index in [0.29, 0.717) is 6.42 Å². The minimum absolute atomic E-state index is 0.0716. The van der Waals surface area contributed by atoms with Crippen LogP contribution in [0.2, 0.25) is 0 Å². The quantitative estimate of drug-likeness (QED) is 0.548. The molecule has 0 atom stereocenters. The summed E-state index contributed by atoms with van der Waals surface area (Å²) < 4.78 is 33.0. The number of ketones is 1. The summed E-state index contributed by atoms with van der Waals surface area (Å²) in [6.45, 7) is 5.49. The number of carbonyl (C=O) groups is 2. The summed E-state index contributed by atoms with van der Waals surface area (Å²) in [6, 6.07) is 0.988. The summed E-state index contributed by atoms with van der Waals surface area (Å²) in [5.74, 6) is -2.34. The van der Waals surface area contributed by atoms with Crippen molar-refractivity contribution in [1.82, 2.24) is 0 Å². The minimum Gasteiger partial charge on any atom is -0.449 e. The number of hydrogen-bond donors (Lipinski definition) is 0. The lowest BCUT2D eigenvalue weighted by atomic mass is 9.86. The summed E-state index contributed by atoms with van der Waals surface area (Å²) in [5, 5.41) is 0. The molecule has 1 aromatic rings. The Bertz CT molecular complexity index is 661. The van der Waals surface area contributed by atoms with Crippen molar-refractivity contribution in [3.63, 3.8) is 0 Å². The molecule has 1 aromatic carbocycles. The van der Waals surface area contributed by atoms with Gasteiger partial charge in [0, 0.05) is 6.42 Å². The smallest absolute Gasteiger partial charge is 0.414 e. The second kappa shape index (κ2) is 6.55. The van der Waals surface area contributed by atoms with Crippen LogP contribution < -0.4 is 4.90 Å². The van der Waals surface area contributed by atoms with Gasteiger partial charge in [-0.3, -0.25) is 9.69 Å². The van der Waals surface area contributed by atoms with Crippen molar-refractivity contribution < 1.29 is 23.1 Å². The number of rotatable bonds is 3. The van der Waals surface area contributed by atoms with Gasteiger partial charge in [-0.15, -0.1) is 0 Å². The molecule has 0 radical (unpaired) electrons. The predicted molar refractivity (Wildman–Crippen MR) is 85.8 cm³/mol. The van der Waals surface area contributed by atoms with E-state index in [-0.39, 0.29) is 24.3 Å². The molecule has 0 N–H and O–H groups in total. The molecule has 7 heteroatoms. The maximum atomic E-state index is 14.3. The molecular formula is C16H18BrF2NO3. The topological polar surface area (TPSA) is 46.6 Å². The molecule has 1 heterocycles. The molecule has 1 amide bonds. The summed E-state index contributed by atoms with van der Waals surface area (Å²) in [7, 11) is 0. The van der Waals surface area contributed by atoms with Gasteiger partial charge in [0.1, 0.15) is 5.82 Å². The van der Waals surface area contributed by atoms with Gasteiger partial charge in [-0.25, -0.2) is 13.6 Å². The lowest BCUT2D eigenvalue weighted by Gasteiger charge is -2.41. The number of unbranched alkanes of at least 4 members (excludes halogenated alkanes) is 1. The van der Waals surface area contributed by atoms with E-state index in [1.54, 1.807) is 13.8 Å². The predicted octanol–water partition coefficient (Wildman–Crippen LogP) is 4.84. The molecule has 23 heavy (non-hydrogen) atoms. The Morgan fingerprint density at radius 3 is 2.70 bits per heavy atom. The van der Waals surface area contributed by atoms with E-state index in [1.807, 2.05) is 6.92 Å². The molecule has 0 spiro atoms. The van der Waals surface area contributed by atoms with Crippen molar-refractivity contribution in [2.45, 2.75) is 45.6 Å². The number of halogens is 3. The number of ether oxygens (including phenoxy) is 1. The average Bonchev–Trinajstić information content (AvgIpc) is 2.43. The van der Waals surface area contributed by atoms with Crippen molar-refractivity contribution in [3.8, 4) is 0 Å². The van der Waals surface area contributed by atoms with Gasteiger partial charge in [0.15, 0.2) is 11.6 Å². The highest BCUT2D eigenvalue weighted by molar-refractivity contribution is 9.10. The van der Waals surface area contributed by atoms with Crippen molar-refractivity contribution in [3.05, 3.63) is 27.7 Å². The Morgan fingerprint density at radius 1 is 1.43 bits per heavy atom. The van der Waals surface area contributed by atoms with Crippen LogP contribution in [0.3, 0.4) is 0 Å². The highest BCUT2D eigenvalue weighted by Gasteiger charge is 2.44. The van der Waals surface area contributed by atoms with Crippen molar-refractivity contribution in [1.29, 1.82) is 0 Å². The maximum Gasteiger partial charge on any atom is 0.414 e. The van der Waals surface area contributed by atoms with Crippen LogP contribution in [0.15, 0.2) is 10.5 Å². The van der Waals surface area contributed by atoms with Gasteiger partial charge in [0.05, 0.1) is 27.9 Å². The number of nitrogens with zero attached hydrogens (tertiary/aromatic N) is 1. The number of fused-ring (bicyclic) bond motifs is 1. The van der Waals surface area contributed by atoms with E-state index < -0.39 is 33.5 Å². The largest absolute Gasteiger partial charge is 0.449 e. The fourth-order valence-corrected chi connectivity index (χ4v) is 2.94. The van der Waals surface area contributed by atoms with E-state index in [0.717, 1.165) is 17.4 Å². The molecule has 1 aliphatic rings. The second-order valence-corrected chi connectivity index (χ2v) is 6.89. The Labute approximate surface area is 141 Å². The number of benzene rings is 1. The lowest BCUT2D eigenvalue weighted by molar-refractivity contribution is 0.0935. The Hall–Kier alpha value is -1.50. The number of amides is 1. The van der Waals surface area contributed by atoms with Crippen molar-refractivity contribution in [2.24, 2.45) is 0 Å². The molecule has 0 unspecified atom stereocenters. The first-order valence-corrected chi connectivity index (χ1v) is 8.17. The summed E-state index contributed by atoms with van der Waals surface area (Å²) in [4.78, 5) is 25.8. The minimum atomic E-state index is -0.994. The van der Waals surface area contributed by atoms with Gasteiger partial charge in [-0.05, 0) is 42.3 Å². The van der Waals surface area contributed by atoms with E-state index in [1.165, 1.54) is 0 Å². The first-order valence-electron chi connectivity index (χ1n) is 7.38. The van der Waals surface area contributed by atoms with Gasteiger partial charge in [-0.1, -0.05) is 13.3 Å². The van der Waals surface area contributed by atoms with Gasteiger partial charge < -0.3 is 4.74 Å². The first-order chi connectivity index (χ1) is 10.7. The van der Waals surface area contributed by atoms with E-state index in [9.17, 15) is 18.4 Å². The zero-order chi connectivity index (χ0) is 17.4. The van der Waals surface area contributed by atoms with Crippen LogP contribution in [-0.4, -0.2) is 24.0 Å². The average molecular weight is 390 g/mol. The van der Waals surface area contributed by atoms with Crippen LogP contribution in [0.25, 0.3) is 0 Å². The summed E-state index contributed by atoms with van der Waals surface area (Å²) >= 11 is 2.79. The Morgan fingerprint density at radius 2 is 2.09 bits per heavy atom. The highest BCUT2D eigenvalue weighted by atomic mass is 79.9. The summed E-state index contributed by atoms with van der Waals surface area (Å²) in [5.41, 5.74) is -1.31. The standard InChI is InChI=1S/C16H18BrF2NO3/c1-4-5-6-23-15(22)20-10-7-9(18)13(17)14(19)12(10)11(21)8-16(20,2)3/h7H,4-6,8H2,1-3H3. The van der Waals surface area contributed by atoms with E-state index >= 15 is 0 Å². The summed E-state index contributed by atoms with van der Waals surface area (Å²) in [6.07, 6.45) is 0.757. The third-order valence-corrected chi connectivity index (χ3v) is 4.49. The molecule has 0 fully saturated rings. The van der Waals surface area contributed by atoms with Crippen LogP contribution >= 0.6 is 15.9 Å². The molecule has 126 valence electrons. The molecule has 0 saturated carbocycles. The second-order valence-electron chi connectivity index (χ2n) is 6.10.